The maximum absolute atomic E-state index is 13.2. The van der Waals surface area contributed by atoms with Gasteiger partial charge in [0.1, 0.15) is 12.0 Å². The molecule has 2 N–H and O–H groups in total. The molecule has 7 heteroatoms. The summed E-state index contributed by atoms with van der Waals surface area (Å²) in [6, 6.07) is 1.59. The first kappa shape index (κ1) is 27.9. The van der Waals surface area contributed by atoms with E-state index >= 15 is 0 Å². The summed E-state index contributed by atoms with van der Waals surface area (Å²) in [6.45, 7) is 8.78. The van der Waals surface area contributed by atoms with Crippen LogP contribution in [0.1, 0.15) is 102 Å². The third-order valence-electron chi connectivity index (χ3n) is 12.3. The van der Waals surface area contributed by atoms with Gasteiger partial charge in [-0.1, -0.05) is 32.4 Å². The Morgan fingerprint density at radius 1 is 1.15 bits per heavy atom. The zero-order chi connectivity index (χ0) is 28.1. The van der Waals surface area contributed by atoms with Gasteiger partial charge in [-0.3, -0.25) is 9.59 Å². The highest BCUT2D eigenvalue weighted by Gasteiger charge is 2.59. The molecule has 0 unspecified atom stereocenters. The minimum atomic E-state index is -0.200. The van der Waals surface area contributed by atoms with Gasteiger partial charge in [-0.25, -0.2) is 9.97 Å². The van der Waals surface area contributed by atoms with E-state index < -0.39 is 0 Å². The molecule has 9 atom stereocenters. The fourth-order valence-electron chi connectivity index (χ4n) is 10.1. The number of aliphatic hydroxyl groups is 1. The van der Waals surface area contributed by atoms with E-state index in [-0.39, 0.29) is 24.0 Å². The van der Waals surface area contributed by atoms with Crippen LogP contribution in [-0.2, 0) is 4.79 Å². The zero-order valence-electron chi connectivity index (χ0n) is 24.6. The highest BCUT2D eigenvalue weighted by atomic mass is 16.3. The molecule has 0 bridgehead atoms. The molecule has 5 aliphatic rings. The Balaban J connectivity index is 1.02. The van der Waals surface area contributed by atoms with Gasteiger partial charge in [0.2, 0.25) is 5.91 Å². The van der Waals surface area contributed by atoms with Gasteiger partial charge in [0.05, 0.1) is 6.10 Å². The summed E-state index contributed by atoms with van der Waals surface area (Å²) < 4.78 is 0. The summed E-state index contributed by atoms with van der Waals surface area (Å²) in [7, 11) is 0. The number of amides is 2. The molecule has 7 nitrogen and oxygen atoms in total. The highest BCUT2D eigenvalue weighted by molar-refractivity contribution is 5.92. The van der Waals surface area contributed by atoms with Crippen molar-refractivity contribution in [3.63, 3.8) is 0 Å². The van der Waals surface area contributed by atoms with Crippen LogP contribution in [0, 0.1) is 40.4 Å². The van der Waals surface area contributed by atoms with E-state index in [0.717, 1.165) is 49.9 Å². The Hall–Kier alpha value is -2.28. The molecule has 3 saturated carbocycles. The lowest BCUT2D eigenvalue weighted by molar-refractivity contribution is -0.130. The van der Waals surface area contributed by atoms with Crippen LogP contribution in [0.4, 0.5) is 0 Å². The smallest absolute Gasteiger partial charge is 0.270 e. The van der Waals surface area contributed by atoms with Crippen LogP contribution < -0.4 is 5.32 Å². The number of hydrogen-bond donors (Lipinski definition) is 2. The first-order chi connectivity index (χ1) is 19.2. The van der Waals surface area contributed by atoms with Gasteiger partial charge in [0.25, 0.3) is 5.91 Å². The number of allylic oxidation sites excluding steroid dienone is 1. The van der Waals surface area contributed by atoms with Gasteiger partial charge in [0.15, 0.2) is 0 Å². The second-order valence-corrected chi connectivity index (χ2v) is 14.3. The highest BCUT2D eigenvalue weighted by Crippen LogP contribution is 2.67. The van der Waals surface area contributed by atoms with Crippen LogP contribution in [0.15, 0.2) is 30.2 Å². The van der Waals surface area contributed by atoms with Crippen molar-refractivity contribution in [2.45, 2.75) is 104 Å². The molecule has 4 aliphatic carbocycles. The van der Waals surface area contributed by atoms with Crippen molar-refractivity contribution in [1.82, 2.24) is 20.2 Å². The largest absolute Gasteiger partial charge is 0.393 e. The van der Waals surface area contributed by atoms with Crippen LogP contribution in [-0.4, -0.2) is 57.0 Å². The van der Waals surface area contributed by atoms with Crippen molar-refractivity contribution in [3.8, 4) is 0 Å². The van der Waals surface area contributed by atoms with Crippen molar-refractivity contribution in [2.24, 2.45) is 40.4 Å². The standard InChI is InChI=1S/C33H48N4O3/c1-21(4-9-30(39)37-17-13-23(19-37)36-31(40)29-12-16-34-20-35-29)26-7-8-27-25-6-5-22-18-24(38)10-14-32(22,2)28(25)11-15-33(26,27)3/h5,12,16,20-21,23-28,38H,4,6-11,13-15,17-19H2,1-3H3,(H,36,40)/t21-,23+,24+,25+,26-,27+,28+,32+,33-/m1/s1. The monoisotopic (exact) mass is 548 g/mol. The molecule has 0 radical (unpaired) electrons. The summed E-state index contributed by atoms with van der Waals surface area (Å²) in [4.78, 5) is 35.5. The predicted octanol–water partition coefficient (Wildman–Crippen LogP) is 5.16. The summed E-state index contributed by atoms with van der Waals surface area (Å²) in [6.07, 6.45) is 17.1. The molecule has 1 aromatic heterocycles. The van der Waals surface area contributed by atoms with E-state index in [2.05, 4.69) is 42.1 Å². The van der Waals surface area contributed by atoms with Gasteiger partial charge < -0.3 is 15.3 Å². The van der Waals surface area contributed by atoms with Crippen LogP contribution in [0.5, 0.6) is 0 Å². The van der Waals surface area contributed by atoms with E-state index in [0.29, 0.717) is 47.9 Å². The van der Waals surface area contributed by atoms with Crippen LogP contribution in [0.25, 0.3) is 0 Å². The van der Waals surface area contributed by atoms with E-state index in [4.69, 9.17) is 0 Å². The summed E-state index contributed by atoms with van der Waals surface area (Å²) in [5, 5.41) is 13.3. The minimum absolute atomic E-state index is 0.0205. The van der Waals surface area contributed by atoms with E-state index in [9.17, 15) is 14.7 Å². The Labute approximate surface area is 239 Å². The minimum Gasteiger partial charge on any atom is -0.393 e. The third kappa shape index (κ3) is 4.90. The summed E-state index contributed by atoms with van der Waals surface area (Å²) >= 11 is 0. The van der Waals surface area contributed by atoms with E-state index in [1.54, 1.807) is 17.8 Å². The van der Waals surface area contributed by atoms with Crippen molar-refractivity contribution in [1.29, 1.82) is 0 Å². The molecule has 1 saturated heterocycles. The molecule has 2 amide bonds. The SMILES string of the molecule is C[C@H](CCC(=O)N1CC[C@H](NC(=O)c2ccncn2)C1)[C@H]1CC[C@H]2[C@@H]3CC=C4C[C@@H](O)CC[C@]4(C)[C@H]3CC[C@]12C. The number of carbonyl (C=O) groups excluding carboxylic acids is 2. The number of likely N-dealkylation sites (tertiary alicyclic amines) is 1. The molecule has 1 aliphatic heterocycles. The van der Waals surface area contributed by atoms with Gasteiger partial charge in [0, 0.05) is 31.7 Å². The second-order valence-electron chi connectivity index (χ2n) is 14.3. The second kappa shape index (κ2) is 10.8. The Kier molecular flexibility index (Phi) is 7.56. The number of carbonyl (C=O) groups is 2. The molecule has 6 rings (SSSR count). The maximum Gasteiger partial charge on any atom is 0.270 e. The molecular formula is C33H48N4O3. The van der Waals surface area contributed by atoms with Gasteiger partial charge in [-0.15, -0.1) is 0 Å². The molecule has 4 fully saturated rings. The van der Waals surface area contributed by atoms with E-state index in [1.165, 1.54) is 38.4 Å². The van der Waals surface area contributed by atoms with Crippen molar-refractivity contribution in [2.75, 3.05) is 13.1 Å². The number of aliphatic hydroxyl groups excluding tert-OH is 1. The van der Waals surface area contributed by atoms with Gasteiger partial charge in [-0.2, -0.15) is 0 Å². The molecule has 40 heavy (non-hydrogen) atoms. The Morgan fingerprint density at radius 3 is 2.80 bits per heavy atom. The fraction of sp³-hybridized carbons (Fsp3) is 0.758. The fourth-order valence-corrected chi connectivity index (χ4v) is 10.1. The quantitative estimate of drug-likeness (QED) is 0.479. The topological polar surface area (TPSA) is 95.4 Å². The molecule has 1 aromatic rings. The predicted molar refractivity (Wildman–Crippen MR) is 154 cm³/mol. The van der Waals surface area contributed by atoms with Crippen molar-refractivity contribution < 1.29 is 14.7 Å². The molecule has 2 heterocycles. The first-order valence-electron chi connectivity index (χ1n) is 15.9. The first-order valence-corrected chi connectivity index (χ1v) is 15.9. The third-order valence-corrected chi connectivity index (χ3v) is 12.3. The summed E-state index contributed by atoms with van der Waals surface area (Å²) in [5.41, 5.74) is 2.59. The Morgan fingerprint density at radius 2 is 2.00 bits per heavy atom. The number of hydrogen-bond acceptors (Lipinski definition) is 5. The van der Waals surface area contributed by atoms with Crippen molar-refractivity contribution in [3.05, 3.63) is 35.9 Å². The van der Waals surface area contributed by atoms with Crippen molar-refractivity contribution >= 4 is 11.8 Å². The Bertz CT molecular complexity index is 1140. The maximum atomic E-state index is 13.2. The lowest BCUT2D eigenvalue weighted by atomic mass is 9.47. The zero-order valence-corrected chi connectivity index (χ0v) is 24.6. The number of fused-ring (bicyclic) bond motifs is 5. The normalized spacial score (nSPS) is 39.5. The van der Waals surface area contributed by atoms with E-state index in [1.807, 2.05) is 4.90 Å². The molecule has 218 valence electrons. The lowest BCUT2D eigenvalue weighted by Gasteiger charge is -2.58. The summed E-state index contributed by atoms with van der Waals surface area (Å²) in [5.74, 6) is 3.60. The number of nitrogens with zero attached hydrogens (tertiary/aromatic N) is 3. The number of aromatic nitrogens is 2. The number of nitrogens with one attached hydrogen (secondary N) is 1. The van der Waals surface area contributed by atoms with Gasteiger partial charge >= 0.3 is 0 Å². The molecule has 0 spiro atoms. The average Bonchev–Trinajstić information content (AvgIpc) is 3.56. The lowest BCUT2D eigenvalue weighted by Crippen LogP contribution is -2.50. The average molecular weight is 549 g/mol. The molecule has 0 aromatic carbocycles. The van der Waals surface area contributed by atoms with Crippen LogP contribution in [0.3, 0.4) is 0 Å². The van der Waals surface area contributed by atoms with Crippen LogP contribution >= 0.6 is 0 Å². The van der Waals surface area contributed by atoms with Crippen LogP contribution in [0.2, 0.25) is 0 Å². The number of rotatable bonds is 6. The molecular weight excluding hydrogens is 500 g/mol. The van der Waals surface area contributed by atoms with Gasteiger partial charge in [-0.05, 0) is 111 Å².